The molecule has 0 aromatic heterocycles. The molecule has 2 rings (SSSR count). The summed E-state index contributed by atoms with van der Waals surface area (Å²) in [7, 11) is 0. The number of benzene rings is 1. The number of nitro benzene ring substituents is 1. The first-order valence-corrected chi connectivity index (χ1v) is 6.93. The van der Waals surface area contributed by atoms with E-state index in [0.717, 1.165) is 19.5 Å². The normalized spacial score (nSPS) is 22.6. The van der Waals surface area contributed by atoms with Gasteiger partial charge in [-0.15, -0.1) is 0 Å². The Morgan fingerprint density at radius 3 is 2.45 bits per heavy atom. The van der Waals surface area contributed by atoms with E-state index < -0.39 is 4.92 Å². The van der Waals surface area contributed by atoms with E-state index in [9.17, 15) is 14.9 Å². The number of amides is 1. The minimum absolute atomic E-state index is 0.00829. The largest absolute Gasteiger partial charge is 0.338 e. The Labute approximate surface area is 118 Å². The molecular weight excluding hydrogens is 256 g/mol. The zero-order chi connectivity index (χ0) is 14.9. The van der Waals surface area contributed by atoms with E-state index in [1.807, 2.05) is 4.90 Å². The van der Waals surface area contributed by atoms with Gasteiger partial charge in [-0.05, 0) is 31.2 Å². The van der Waals surface area contributed by atoms with E-state index >= 15 is 0 Å². The van der Waals surface area contributed by atoms with Crippen molar-refractivity contribution in [2.45, 2.75) is 27.2 Å². The van der Waals surface area contributed by atoms with Gasteiger partial charge in [0, 0.05) is 30.3 Å². The summed E-state index contributed by atoms with van der Waals surface area (Å²) in [5, 5.41) is 11.0. The van der Waals surface area contributed by atoms with Crippen LogP contribution in [-0.2, 0) is 0 Å². The predicted molar refractivity (Wildman–Crippen MR) is 76.7 cm³/mol. The summed E-state index contributed by atoms with van der Waals surface area (Å²) in [4.78, 5) is 24.9. The van der Waals surface area contributed by atoms with Crippen LogP contribution in [0.25, 0.3) is 0 Å². The average Bonchev–Trinajstić information content (AvgIpc) is 2.36. The Kier molecular flexibility index (Phi) is 4.06. The van der Waals surface area contributed by atoms with Crippen molar-refractivity contribution in [3.8, 4) is 0 Å². The number of hydrogen-bond acceptors (Lipinski definition) is 3. The standard InChI is InChI=1S/C15H20N2O3/c1-10-7-11(2)9-16(8-10)15(18)13-5-4-6-14(12(13)3)17(19)20/h4-6,10-11H,7-9H2,1-3H3. The van der Waals surface area contributed by atoms with Crippen LogP contribution >= 0.6 is 0 Å². The molecule has 1 fully saturated rings. The number of likely N-dealkylation sites (tertiary alicyclic amines) is 1. The summed E-state index contributed by atoms with van der Waals surface area (Å²) in [5.41, 5.74) is 0.905. The fourth-order valence-corrected chi connectivity index (χ4v) is 3.05. The number of nitrogens with zero attached hydrogens (tertiary/aromatic N) is 2. The first-order chi connectivity index (χ1) is 9.40. The molecule has 20 heavy (non-hydrogen) atoms. The van der Waals surface area contributed by atoms with Gasteiger partial charge in [-0.3, -0.25) is 14.9 Å². The zero-order valence-corrected chi connectivity index (χ0v) is 12.1. The molecule has 0 N–H and O–H groups in total. The lowest BCUT2D eigenvalue weighted by Gasteiger charge is -2.35. The molecular formula is C15H20N2O3. The Morgan fingerprint density at radius 1 is 1.30 bits per heavy atom. The molecule has 0 radical (unpaired) electrons. The molecule has 0 bridgehead atoms. The molecule has 1 aliphatic rings. The molecule has 1 heterocycles. The van der Waals surface area contributed by atoms with Gasteiger partial charge in [0.2, 0.25) is 0 Å². The highest BCUT2D eigenvalue weighted by molar-refractivity contribution is 5.96. The second kappa shape index (κ2) is 5.61. The van der Waals surface area contributed by atoms with E-state index in [1.54, 1.807) is 19.1 Å². The van der Waals surface area contributed by atoms with Gasteiger partial charge in [-0.1, -0.05) is 19.9 Å². The summed E-state index contributed by atoms with van der Waals surface area (Å²) in [6.07, 6.45) is 1.12. The fraction of sp³-hybridized carbons (Fsp3) is 0.533. The maximum Gasteiger partial charge on any atom is 0.273 e. The van der Waals surface area contributed by atoms with Crippen LogP contribution in [0.2, 0.25) is 0 Å². The SMILES string of the molecule is Cc1c(C(=O)N2CC(C)CC(C)C2)cccc1[N+](=O)[O-]. The van der Waals surface area contributed by atoms with Crippen LogP contribution in [0, 0.1) is 28.9 Å². The topological polar surface area (TPSA) is 63.5 Å². The van der Waals surface area contributed by atoms with E-state index in [1.165, 1.54) is 6.07 Å². The number of rotatable bonds is 2. The predicted octanol–water partition coefficient (Wildman–Crippen LogP) is 3.02. The van der Waals surface area contributed by atoms with Gasteiger partial charge in [0.05, 0.1) is 4.92 Å². The molecule has 2 atom stereocenters. The average molecular weight is 276 g/mol. The van der Waals surface area contributed by atoms with E-state index in [0.29, 0.717) is 23.0 Å². The summed E-state index contributed by atoms with van der Waals surface area (Å²) >= 11 is 0. The Bertz CT molecular complexity index is 532. The smallest absolute Gasteiger partial charge is 0.273 e. The lowest BCUT2D eigenvalue weighted by molar-refractivity contribution is -0.385. The van der Waals surface area contributed by atoms with Crippen molar-refractivity contribution in [2.75, 3.05) is 13.1 Å². The van der Waals surface area contributed by atoms with Gasteiger partial charge < -0.3 is 4.90 Å². The van der Waals surface area contributed by atoms with Crippen LogP contribution in [0.5, 0.6) is 0 Å². The van der Waals surface area contributed by atoms with Crippen molar-refractivity contribution >= 4 is 11.6 Å². The van der Waals surface area contributed by atoms with Gasteiger partial charge in [0.15, 0.2) is 0 Å². The summed E-state index contributed by atoms with van der Waals surface area (Å²) in [6, 6.07) is 4.69. The summed E-state index contributed by atoms with van der Waals surface area (Å²) < 4.78 is 0. The number of nitro groups is 1. The third kappa shape index (κ3) is 2.81. The van der Waals surface area contributed by atoms with Crippen molar-refractivity contribution in [2.24, 2.45) is 11.8 Å². The molecule has 1 aliphatic heterocycles. The third-order valence-corrected chi connectivity index (χ3v) is 3.89. The highest BCUT2D eigenvalue weighted by atomic mass is 16.6. The third-order valence-electron chi connectivity index (χ3n) is 3.89. The van der Waals surface area contributed by atoms with Crippen LogP contribution < -0.4 is 0 Å². The van der Waals surface area contributed by atoms with Gasteiger partial charge in [-0.2, -0.15) is 0 Å². The number of carbonyl (C=O) groups is 1. The second-order valence-electron chi connectivity index (χ2n) is 5.86. The number of carbonyl (C=O) groups excluding carboxylic acids is 1. The lowest BCUT2D eigenvalue weighted by atomic mass is 9.91. The van der Waals surface area contributed by atoms with Gasteiger partial charge >= 0.3 is 0 Å². The van der Waals surface area contributed by atoms with E-state index in [4.69, 9.17) is 0 Å². The van der Waals surface area contributed by atoms with E-state index in [2.05, 4.69) is 13.8 Å². The van der Waals surface area contributed by atoms with Crippen molar-refractivity contribution < 1.29 is 9.72 Å². The van der Waals surface area contributed by atoms with Gasteiger partial charge in [-0.25, -0.2) is 0 Å². The zero-order valence-electron chi connectivity index (χ0n) is 12.1. The molecule has 1 saturated heterocycles. The minimum atomic E-state index is -0.437. The minimum Gasteiger partial charge on any atom is -0.338 e. The molecule has 1 aromatic carbocycles. The molecule has 1 amide bonds. The van der Waals surface area contributed by atoms with Crippen molar-refractivity contribution in [3.63, 3.8) is 0 Å². The highest BCUT2D eigenvalue weighted by Crippen LogP contribution is 2.26. The molecule has 0 spiro atoms. The first kappa shape index (κ1) is 14.5. The van der Waals surface area contributed by atoms with Crippen LogP contribution in [0.4, 0.5) is 5.69 Å². The van der Waals surface area contributed by atoms with Crippen molar-refractivity contribution in [1.82, 2.24) is 4.90 Å². The van der Waals surface area contributed by atoms with Gasteiger partial charge in [0.25, 0.3) is 11.6 Å². The Hall–Kier alpha value is -1.91. The molecule has 0 saturated carbocycles. The molecule has 1 aromatic rings. The monoisotopic (exact) mass is 276 g/mol. The lowest BCUT2D eigenvalue weighted by Crippen LogP contribution is -2.42. The van der Waals surface area contributed by atoms with Gasteiger partial charge in [0.1, 0.15) is 0 Å². The van der Waals surface area contributed by atoms with Crippen LogP contribution in [0.1, 0.15) is 36.2 Å². The van der Waals surface area contributed by atoms with Crippen LogP contribution in [-0.4, -0.2) is 28.8 Å². The summed E-state index contributed by atoms with van der Waals surface area (Å²) in [6.45, 7) is 7.37. The molecule has 0 aliphatic carbocycles. The summed E-state index contributed by atoms with van der Waals surface area (Å²) in [5.74, 6) is 0.855. The Morgan fingerprint density at radius 2 is 1.90 bits per heavy atom. The number of hydrogen-bond donors (Lipinski definition) is 0. The maximum atomic E-state index is 12.6. The maximum absolute atomic E-state index is 12.6. The van der Waals surface area contributed by atoms with Crippen molar-refractivity contribution in [1.29, 1.82) is 0 Å². The Balaban J connectivity index is 2.29. The molecule has 2 unspecified atom stereocenters. The molecule has 108 valence electrons. The number of piperidine rings is 1. The highest BCUT2D eigenvalue weighted by Gasteiger charge is 2.28. The van der Waals surface area contributed by atoms with Crippen LogP contribution in [0.3, 0.4) is 0 Å². The van der Waals surface area contributed by atoms with Crippen molar-refractivity contribution in [3.05, 3.63) is 39.4 Å². The fourth-order valence-electron chi connectivity index (χ4n) is 3.05. The van der Waals surface area contributed by atoms with E-state index in [-0.39, 0.29) is 11.6 Å². The van der Waals surface area contributed by atoms with Crippen LogP contribution in [0.15, 0.2) is 18.2 Å². The molecule has 5 nitrogen and oxygen atoms in total. The molecule has 5 heteroatoms. The second-order valence-corrected chi connectivity index (χ2v) is 5.86. The first-order valence-electron chi connectivity index (χ1n) is 6.93. The quantitative estimate of drug-likeness (QED) is 0.616.